The van der Waals surface area contributed by atoms with E-state index in [1.54, 1.807) is 14.2 Å². The summed E-state index contributed by atoms with van der Waals surface area (Å²) in [6.45, 7) is 4.67. The van der Waals surface area contributed by atoms with Gasteiger partial charge in [-0.25, -0.2) is 4.98 Å². The van der Waals surface area contributed by atoms with Gasteiger partial charge in [0, 0.05) is 19.7 Å². The third-order valence-electron chi connectivity index (χ3n) is 6.18. The summed E-state index contributed by atoms with van der Waals surface area (Å²) in [6, 6.07) is 16.0. The maximum atomic E-state index is 13.1. The van der Waals surface area contributed by atoms with Crippen molar-refractivity contribution in [3.05, 3.63) is 60.3 Å². The molecule has 0 radical (unpaired) electrons. The van der Waals surface area contributed by atoms with Crippen LogP contribution < -0.4 is 9.47 Å². The molecule has 0 spiro atoms. The predicted molar refractivity (Wildman–Crippen MR) is 138 cm³/mol. The first kappa shape index (κ1) is 25.1. The number of hydrogen-bond donors (Lipinski definition) is 0. The Bertz CT molecular complexity index is 1110. The highest BCUT2D eigenvalue weighted by Gasteiger charge is 2.22. The average molecular weight is 496 g/mol. The molecule has 3 aromatic rings. The minimum Gasteiger partial charge on any atom is -0.493 e. The van der Waals surface area contributed by atoms with Crippen LogP contribution in [0, 0.1) is 0 Å². The first-order valence-corrected chi connectivity index (χ1v) is 13.0. The van der Waals surface area contributed by atoms with Crippen molar-refractivity contribution in [2.75, 3.05) is 33.1 Å². The maximum Gasteiger partial charge on any atom is 0.233 e. The molecule has 186 valence electrons. The monoisotopic (exact) mass is 495 g/mol. The summed E-state index contributed by atoms with van der Waals surface area (Å²) in [7, 11) is 3.23. The van der Waals surface area contributed by atoms with E-state index in [1.165, 1.54) is 11.8 Å². The van der Waals surface area contributed by atoms with E-state index in [4.69, 9.17) is 14.2 Å². The molecule has 0 saturated carbocycles. The van der Waals surface area contributed by atoms with E-state index in [-0.39, 0.29) is 12.0 Å². The second-order valence-electron chi connectivity index (χ2n) is 8.42. The lowest BCUT2D eigenvalue weighted by Crippen LogP contribution is -2.31. The standard InChI is InChI=1S/C27H33N3O4S/c1-4-29(17-20-12-13-24(32-2)25(15-20)33-3)26(31)19-35-27-28-16-23(21-9-6-5-7-10-21)30(27)18-22-11-8-14-34-22/h5-7,9-10,12-13,15-16,22H,4,8,11,14,17-19H2,1-3H3. The SMILES string of the molecule is CCN(Cc1ccc(OC)c(OC)c1)C(=O)CSc1ncc(-c2ccccc2)n1CC1CCCO1. The minimum absolute atomic E-state index is 0.0696. The smallest absolute Gasteiger partial charge is 0.233 e. The van der Waals surface area contributed by atoms with Crippen LogP contribution in [0.5, 0.6) is 11.5 Å². The number of methoxy groups -OCH3 is 2. The minimum atomic E-state index is 0.0696. The molecule has 1 amide bonds. The van der Waals surface area contributed by atoms with Gasteiger partial charge in [0.05, 0.1) is 44.5 Å². The normalized spacial score (nSPS) is 15.2. The quantitative estimate of drug-likeness (QED) is 0.353. The van der Waals surface area contributed by atoms with Gasteiger partial charge < -0.3 is 23.7 Å². The van der Waals surface area contributed by atoms with Crippen molar-refractivity contribution < 1.29 is 19.0 Å². The first-order valence-electron chi connectivity index (χ1n) is 12.0. The van der Waals surface area contributed by atoms with E-state index < -0.39 is 0 Å². The zero-order valence-electron chi connectivity index (χ0n) is 20.6. The lowest BCUT2D eigenvalue weighted by Gasteiger charge is -2.22. The molecule has 0 bridgehead atoms. The molecule has 1 saturated heterocycles. The number of thioether (sulfide) groups is 1. The topological polar surface area (TPSA) is 65.8 Å². The van der Waals surface area contributed by atoms with E-state index in [0.717, 1.165) is 48.0 Å². The highest BCUT2D eigenvalue weighted by atomic mass is 32.2. The van der Waals surface area contributed by atoms with Crippen LogP contribution in [0.4, 0.5) is 0 Å². The summed E-state index contributed by atoms with van der Waals surface area (Å²) in [6.07, 6.45) is 4.21. The molecular weight excluding hydrogens is 462 g/mol. The van der Waals surface area contributed by atoms with Crippen molar-refractivity contribution in [3.63, 3.8) is 0 Å². The van der Waals surface area contributed by atoms with E-state index in [9.17, 15) is 4.79 Å². The fourth-order valence-electron chi connectivity index (χ4n) is 4.27. The van der Waals surface area contributed by atoms with Gasteiger partial charge in [0.25, 0.3) is 0 Å². The van der Waals surface area contributed by atoms with E-state index >= 15 is 0 Å². The molecule has 0 aliphatic carbocycles. The first-order chi connectivity index (χ1) is 17.1. The Morgan fingerprint density at radius 2 is 1.97 bits per heavy atom. The molecule has 1 atom stereocenters. The molecule has 1 aromatic heterocycles. The summed E-state index contributed by atoms with van der Waals surface area (Å²) in [4.78, 5) is 19.7. The zero-order chi connectivity index (χ0) is 24.6. The number of nitrogens with zero attached hydrogens (tertiary/aromatic N) is 3. The van der Waals surface area contributed by atoms with Gasteiger partial charge in [-0.2, -0.15) is 0 Å². The Kier molecular flexibility index (Phi) is 8.71. The molecule has 2 aromatic carbocycles. The van der Waals surface area contributed by atoms with Gasteiger partial charge in [0.1, 0.15) is 0 Å². The van der Waals surface area contributed by atoms with E-state index in [1.807, 2.05) is 54.4 Å². The highest BCUT2D eigenvalue weighted by molar-refractivity contribution is 7.99. The number of ether oxygens (including phenoxy) is 3. The lowest BCUT2D eigenvalue weighted by molar-refractivity contribution is -0.128. The number of aromatic nitrogens is 2. The fourth-order valence-corrected chi connectivity index (χ4v) is 5.17. The number of imidazole rings is 1. The molecule has 8 heteroatoms. The van der Waals surface area contributed by atoms with Crippen LogP contribution in [0.2, 0.25) is 0 Å². The van der Waals surface area contributed by atoms with Gasteiger partial charge in [-0.05, 0) is 43.0 Å². The molecule has 4 rings (SSSR count). The Hall–Kier alpha value is -2.97. The molecule has 2 heterocycles. The highest BCUT2D eigenvalue weighted by Crippen LogP contribution is 2.30. The summed E-state index contributed by atoms with van der Waals surface area (Å²) in [5.74, 6) is 1.72. The Labute approximate surface area is 211 Å². The number of carbonyl (C=O) groups is 1. The Morgan fingerprint density at radius 3 is 2.66 bits per heavy atom. The number of hydrogen-bond acceptors (Lipinski definition) is 6. The molecule has 1 fully saturated rings. The van der Waals surface area contributed by atoms with Crippen LogP contribution >= 0.6 is 11.8 Å². The fraction of sp³-hybridized carbons (Fsp3) is 0.407. The van der Waals surface area contributed by atoms with Crippen molar-refractivity contribution in [2.45, 2.75) is 44.1 Å². The summed E-state index contributed by atoms with van der Waals surface area (Å²) < 4.78 is 18.8. The van der Waals surface area contributed by atoms with Crippen molar-refractivity contribution in [1.82, 2.24) is 14.5 Å². The van der Waals surface area contributed by atoms with Gasteiger partial charge in [-0.15, -0.1) is 0 Å². The van der Waals surface area contributed by atoms with E-state index in [2.05, 4.69) is 21.7 Å². The second kappa shape index (κ2) is 12.1. The number of benzene rings is 2. The van der Waals surface area contributed by atoms with Gasteiger partial charge in [-0.1, -0.05) is 48.2 Å². The van der Waals surface area contributed by atoms with Gasteiger partial charge in [0.2, 0.25) is 5.91 Å². The second-order valence-corrected chi connectivity index (χ2v) is 9.37. The summed E-state index contributed by atoms with van der Waals surface area (Å²) >= 11 is 1.48. The average Bonchev–Trinajstić information content (AvgIpc) is 3.56. The molecule has 7 nitrogen and oxygen atoms in total. The molecule has 1 unspecified atom stereocenters. The summed E-state index contributed by atoms with van der Waals surface area (Å²) in [5, 5.41) is 0.842. The number of rotatable bonds is 11. The Balaban J connectivity index is 1.46. The van der Waals surface area contributed by atoms with Crippen molar-refractivity contribution in [2.24, 2.45) is 0 Å². The molecule has 0 N–H and O–H groups in total. The third kappa shape index (κ3) is 6.18. The maximum absolute atomic E-state index is 13.1. The van der Waals surface area contributed by atoms with Crippen LogP contribution in [-0.4, -0.2) is 59.6 Å². The molecule has 1 aliphatic heterocycles. The predicted octanol–water partition coefficient (Wildman–Crippen LogP) is 4.89. The summed E-state index contributed by atoms with van der Waals surface area (Å²) in [5.41, 5.74) is 3.16. The van der Waals surface area contributed by atoms with Crippen molar-refractivity contribution >= 4 is 17.7 Å². The zero-order valence-corrected chi connectivity index (χ0v) is 21.4. The molecule has 35 heavy (non-hydrogen) atoms. The van der Waals surface area contributed by atoms with Crippen LogP contribution in [0.3, 0.4) is 0 Å². The van der Waals surface area contributed by atoms with E-state index in [0.29, 0.717) is 30.3 Å². The number of amides is 1. The largest absolute Gasteiger partial charge is 0.493 e. The van der Waals surface area contributed by atoms with Gasteiger partial charge in [0.15, 0.2) is 16.7 Å². The van der Waals surface area contributed by atoms with Crippen LogP contribution in [0.25, 0.3) is 11.3 Å². The Morgan fingerprint density at radius 1 is 1.17 bits per heavy atom. The van der Waals surface area contributed by atoms with Crippen LogP contribution in [0.15, 0.2) is 59.9 Å². The van der Waals surface area contributed by atoms with Crippen molar-refractivity contribution in [3.8, 4) is 22.8 Å². The van der Waals surface area contributed by atoms with Crippen LogP contribution in [-0.2, 0) is 22.6 Å². The molecule has 1 aliphatic rings. The van der Waals surface area contributed by atoms with Gasteiger partial charge >= 0.3 is 0 Å². The van der Waals surface area contributed by atoms with Crippen molar-refractivity contribution in [1.29, 1.82) is 0 Å². The van der Waals surface area contributed by atoms with Crippen LogP contribution in [0.1, 0.15) is 25.3 Å². The third-order valence-corrected chi connectivity index (χ3v) is 7.15. The van der Waals surface area contributed by atoms with Gasteiger partial charge in [-0.3, -0.25) is 4.79 Å². The lowest BCUT2D eigenvalue weighted by atomic mass is 10.1. The number of carbonyl (C=O) groups excluding carboxylic acids is 1. The molecular formula is C27H33N3O4S.